The van der Waals surface area contributed by atoms with Gasteiger partial charge in [0.25, 0.3) is 0 Å². The number of pyridine rings is 1. The molecule has 0 aliphatic rings. The van der Waals surface area contributed by atoms with Crippen LogP contribution in [-0.4, -0.2) is 11.0 Å². The van der Waals surface area contributed by atoms with Gasteiger partial charge in [-0.3, -0.25) is 9.78 Å². The maximum Gasteiger partial charge on any atom is 0.306 e. The molecule has 0 aromatic carbocycles. The van der Waals surface area contributed by atoms with Crippen LogP contribution < -0.4 is 0 Å². The van der Waals surface area contributed by atoms with E-state index < -0.39 is 0 Å². The van der Waals surface area contributed by atoms with Crippen molar-refractivity contribution >= 4 is 5.97 Å². The molecule has 1 aromatic heterocycles. The van der Waals surface area contributed by atoms with E-state index in [2.05, 4.69) is 4.98 Å². The summed E-state index contributed by atoms with van der Waals surface area (Å²) in [6, 6.07) is 3.72. The van der Waals surface area contributed by atoms with Crippen LogP contribution in [0.15, 0.2) is 24.5 Å². The van der Waals surface area contributed by atoms with E-state index in [1.54, 1.807) is 12.4 Å². The maximum absolute atomic E-state index is 11.1. The van der Waals surface area contributed by atoms with E-state index in [0.717, 1.165) is 18.4 Å². The van der Waals surface area contributed by atoms with Gasteiger partial charge in [-0.25, -0.2) is 0 Å². The number of aromatic nitrogens is 1. The minimum Gasteiger partial charge on any atom is -0.461 e. The SMILES string of the molecule is CCCCC(=O)OCc1cccnc1. The van der Waals surface area contributed by atoms with Crippen LogP contribution in [0.2, 0.25) is 0 Å². The highest BCUT2D eigenvalue weighted by molar-refractivity contribution is 5.69. The van der Waals surface area contributed by atoms with E-state index >= 15 is 0 Å². The van der Waals surface area contributed by atoms with Crippen molar-refractivity contribution in [3.8, 4) is 0 Å². The number of ether oxygens (including phenoxy) is 1. The molecule has 0 spiro atoms. The van der Waals surface area contributed by atoms with Gasteiger partial charge < -0.3 is 4.74 Å². The van der Waals surface area contributed by atoms with Crippen molar-refractivity contribution in [3.63, 3.8) is 0 Å². The molecule has 0 unspecified atom stereocenters. The predicted molar refractivity (Wildman–Crippen MR) is 53.6 cm³/mol. The van der Waals surface area contributed by atoms with Gasteiger partial charge in [0.15, 0.2) is 0 Å². The molecule has 0 saturated heterocycles. The van der Waals surface area contributed by atoms with Gasteiger partial charge in [0, 0.05) is 24.4 Å². The standard InChI is InChI=1S/C11H15NO2/c1-2-3-6-11(13)14-9-10-5-4-7-12-8-10/h4-5,7-8H,2-3,6,9H2,1H3. The third kappa shape index (κ3) is 4.03. The second kappa shape index (κ2) is 6.13. The monoisotopic (exact) mass is 193 g/mol. The van der Waals surface area contributed by atoms with Crippen LogP contribution in [0.5, 0.6) is 0 Å². The van der Waals surface area contributed by atoms with Crippen LogP contribution >= 0.6 is 0 Å². The van der Waals surface area contributed by atoms with Crippen molar-refractivity contribution < 1.29 is 9.53 Å². The van der Waals surface area contributed by atoms with E-state index in [1.165, 1.54) is 0 Å². The summed E-state index contributed by atoms with van der Waals surface area (Å²) in [4.78, 5) is 15.1. The molecule has 1 aromatic rings. The van der Waals surface area contributed by atoms with Gasteiger partial charge in [0.05, 0.1) is 0 Å². The van der Waals surface area contributed by atoms with E-state index in [1.807, 2.05) is 19.1 Å². The predicted octanol–water partition coefficient (Wildman–Crippen LogP) is 2.32. The van der Waals surface area contributed by atoms with Gasteiger partial charge in [-0.1, -0.05) is 19.4 Å². The molecule has 0 bridgehead atoms. The van der Waals surface area contributed by atoms with Crippen molar-refractivity contribution in [3.05, 3.63) is 30.1 Å². The minimum absolute atomic E-state index is 0.129. The molecule has 0 aliphatic heterocycles. The number of carbonyl (C=O) groups excluding carboxylic acids is 1. The topological polar surface area (TPSA) is 39.2 Å². The lowest BCUT2D eigenvalue weighted by Gasteiger charge is -2.03. The number of unbranched alkanes of at least 4 members (excludes halogenated alkanes) is 1. The van der Waals surface area contributed by atoms with Crippen molar-refractivity contribution in [1.82, 2.24) is 4.98 Å². The molecule has 0 atom stereocenters. The number of carbonyl (C=O) groups is 1. The van der Waals surface area contributed by atoms with Gasteiger partial charge in [-0.2, -0.15) is 0 Å². The Kier molecular flexibility index (Phi) is 4.69. The van der Waals surface area contributed by atoms with Crippen molar-refractivity contribution in [1.29, 1.82) is 0 Å². The number of nitrogens with zero attached hydrogens (tertiary/aromatic N) is 1. The van der Waals surface area contributed by atoms with Crippen LogP contribution in [0.25, 0.3) is 0 Å². The van der Waals surface area contributed by atoms with Crippen molar-refractivity contribution in [2.24, 2.45) is 0 Å². The fourth-order valence-corrected chi connectivity index (χ4v) is 1.04. The van der Waals surface area contributed by atoms with Gasteiger partial charge in [-0.05, 0) is 12.5 Å². The van der Waals surface area contributed by atoms with Crippen molar-refractivity contribution in [2.75, 3.05) is 0 Å². The molecular weight excluding hydrogens is 178 g/mol. The molecule has 0 aliphatic carbocycles. The number of hydrogen-bond acceptors (Lipinski definition) is 3. The molecule has 1 heterocycles. The summed E-state index contributed by atoms with van der Waals surface area (Å²) in [6.07, 6.45) is 5.82. The summed E-state index contributed by atoms with van der Waals surface area (Å²) < 4.78 is 5.05. The molecule has 76 valence electrons. The highest BCUT2D eigenvalue weighted by Gasteiger charge is 2.01. The van der Waals surface area contributed by atoms with Gasteiger partial charge in [0.1, 0.15) is 6.61 Å². The molecule has 0 saturated carbocycles. The summed E-state index contributed by atoms with van der Waals surface area (Å²) >= 11 is 0. The summed E-state index contributed by atoms with van der Waals surface area (Å²) in [5, 5.41) is 0. The first-order chi connectivity index (χ1) is 6.83. The summed E-state index contributed by atoms with van der Waals surface area (Å²) in [5.41, 5.74) is 0.928. The molecule has 14 heavy (non-hydrogen) atoms. The van der Waals surface area contributed by atoms with Gasteiger partial charge >= 0.3 is 5.97 Å². The number of rotatable bonds is 5. The Bertz CT molecular complexity index is 272. The summed E-state index contributed by atoms with van der Waals surface area (Å²) in [6.45, 7) is 2.38. The smallest absolute Gasteiger partial charge is 0.306 e. The Morgan fingerprint density at radius 1 is 1.57 bits per heavy atom. The molecule has 0 fully saturated rings. The molecule has 0 amide bonds. The minimum atomic E-state index is -0.129. The second-order valence-electron chi connectivity index (χ2n) is 3.13. The second-order valence-corrected chi connectivity index (χ2v) is 3.13. The van der Waals surface area contributed by atoms with Gasteiger partial charge in [0.2, 0.25) is 0 Å². The highest BCUT2D eigenvalue weighted by atomic mass is 16.5. The first-order valence-corrected chi connectivity index (χ1v) is 4.87. The fraction of sp³-hybridized carbons (Fsp3) is 0.455. The molecule has 3 nitrogen and oxygen atoms in total. The van der Waals surface area contributed by atoms with Crippen LogP contribution in [0.1, 0.15) is 31.7 Å². The number of esters is 1. The third-order valence-electron chi connectivity index (χ3n) is 1.86. The van der Waals surface area contributed by atoms with E-state index in [4.69, 9.17) is 4.74 Å². The Morgan fingerprint density at radius 3 is 3.07 bits per heavy atom. The Morgan fingerprint density at radius 2 is 2.43 bits per heavy atom. The van der Waals surface area contributed by atoms with Crippen molar-refractivity contribution in [2.45, 2.75) is 32.8 Å². The quantitative estimate of drug-likeness (QED) is 0.673. The average molecular weight is 193 g/mol. The lowest BCUT2D eigenvalue weighted by Crippen LogP contribution is -2.04. The molecular formula is C11H15NO2. The molecule has 0 radical (unpaired) electrons. The Labute approximate surface area is 84.1 Å². The lowest BCUT2D eigenvalue weighted by atomic mass is 10.2. The van der Waals surface area contributed by atoms with Crippen LogP contribution in [0.3, 0.4) is 0 Å². The zero-order valence-electron chi connectivity index (χ0n) is 8.40. The third-order valence-corrected chi connectivity index (χ3v) is 1.86. The zero-order chi connectivity index (χ0) is 10.2. The molecule has 1 rings (SSSR count). The van der Waals surface area contributed by atoms with Gasteiger partial charge in [-0.15, -0.1) is 0 Å². The van der Waals surface area contributed by atoms with E-state index in [0.29, 0.717) is 13.0 Å². The maximum atomic E-state index is 11.1. The molecule has 0 N–H and O–H groups in total. The first kappa shape index (κ1) is 10.7. The zero-order valence-corrected chi connectivity index (χ0v) is 8.40. The van der Waals surface area contributed by atoms with E-state index in [9.17, 15) is 4.79 Å². The Balaban J connectivity index is 2.24. The van der Waals surface area contributed by atoms with Crippen LogP contribution in [-0.2, 0) is 16.1 Å². The Hall–Kier alpha value is -1.38. The fourth-order valence-electron chi connectivity index (χ4n) is 1.04. The van der Waals surface area contributed by atoms with E-state index in [-0.39, 0.29) is 5.97 Å². The normalized spacial score (nSPS) is 9.79. The average Bonchev–Trinajstić information content (AvgIpc) is 2.25. The summed E-state index contributed by atoms with van der Waals surface area (Å²) in [5.74, 6) is -0.129. The first-order valence-electron chi connectivity index (χ1n) is 4.87. The molecule has 3 heteroatoms. The number of hydrogen-bond donors (Lipinski definition) is 0. The highest BCUT2D eigenvalue weighted by Crippen LogP contribution is 2.02. The lowest BCUT2D eigenvalue weighted by molar-refractivity contribution is -0.145. The summed E-state index contributed by atoms with van der Waals surface area (Å²) in [7, 11) is 0. The largest absolute Gasteiger partial charge is 0.461 e. The van der Waals surface area contributed by atoms with Crippen LogP contribution in [0.4, 0.5) is 0 Å². The van der Waals surface area contributed by atoms with Crippen LogP contribution in [0, 0.1) is 0 Å².